The summed E-state index contributed by atoms with van der Waals surface area (Å²) in [6, 6.07) is 0. The van der Waals surface area contributed by atoms with E-state index >= 15 is 0 Å². The van der Waals surface area contributed by atoms with Gasteiger partial charge in [-0.2, -0.15) is 0 Å². The first-order chi connectivity index (χ1) is 4.93. The summed E-state index contributed by atoms with van der Waals surface area (Å²) < 4.78 is 0. The van der Waals surface area contributed by atoms with Crippen LogP contribution in [0.1, 0.15) is 19.3 Å². The Balaban J connectivity index is 2.18. The summed E-state index contributed by atoms with van der Waals surface area (Å²) in [6.07, 6.45) is 11.1. The fourth-order valence-electron chi connectivity index (χ4n) is 2.18. The number of rotatable bonds is 0. The predicted octanol–water partition coefficient (Wildman–Crippen LogP) is 2.59. The SMILES string of the molecule is C1=C2C=C3C(=CC2)CC3C1. The molecule has 0 heterocycles. The predicted molar refractivity (Wildman–Crippen MR) is 41.6 cm³/mol. The standard InChI is InChI=1S/C10H10/c1-3-8-6-9-4-2-7(1)5-10(8)9/h1,4-5,8H,2-3,6H2. The molecule has 0 nitrogen and oxygen atoms in total. The van der Waals surface area contributed by atoms with Crippen LogP contribution < -0.4 is 0 Å². The number of hydrogen-bond donors (Lipinski definition) is 0. The van der Waals surface area contributed by atoms with Gasteiger partial charge >= 0.3 is 0 Å². The molecule has 50 valence electrons. The summed E-state index contributed by atoms with van der Waals surface area (Å²) >= 11 is 0. The maximum Gasteiger partial charge on any atom is -0.00840 e. The van der Waals surface area contributed by atoms with Crippen molar-refractivity contribution >= 4 is 0 Å². The summed E-state index contributed by atoms with van der Waals surface area (Å²) in [5.41, 5.74) is 4.85. The van der Waals surface area contributed by atoms with Crippen molar-refractivity contribution in [2.24, 2.45) is 5.92 Å². The van der Waals surface area contributed by atoms with Crippen molar-refractivity contribution < 1.29 is 0 Å². The Hall–Kier alpha value is -0.780. The highest BCUT2D eigenvalue weighted by Crippen LogP contribution is 2.48. The van der Waals surface area contributed by atoms with Gasteiger partial charge in [0.1, 0.15) is 0 Å². The van der Waals surface area contributed by atoms with E-state index < -0.39 is 0 Å². The molecule has 0 radical (unpaired) electrons. The highest BCUT2D eigenvalue weighted by Gasteiger charge is 2.32. The highest BCUT2D eigenvalue weighted by molar-refractivity contribution is 5.53. The van der Waals surface area contributed by atoms with Gasteiger partial charge in [0.2, 0.25) is 0 Å². The molecule has 0 amide bonds. The molecule has 3 aliphatic rings. The van der Waals surface area contributed by atoms with Gasteiger partial charge in [0, 0.05) is 0 Å². The molecule has 0 N–H and O–H groups in total. The summed E-state index contributed by atoms with van der Waals surface area (Å²) in [5.74, 6) is 0.912. The van der Waals surface area contributed by atoms with E-state index in [1.807, 2.05) is 0 Å². The molecule has 1 atom stereocenters. The molecule has 0 saturated heterocycles. The van der Waals surface area contributed by atoms with Crippen LogP contribution in [0.4, 0.5) is 0 Å². The zero-order chi connectivity index (χ0) is 6.55. The molecule has 3 rings (SSSR count). The molecular weight excluding hydrogens is 120 g/mol. The summed E-state index contributed by atoms with van der Waals surface area (Å²) in [4.78, 5) is 0. The lowest BCUT2D eigenvalue weighted by atomic mass is 9.66. The fraction of sp³-hybridized carbons (Fsp3) is 0.400. The van der Waals surface area contributed by atoms with Gasteiger partial charge in [0.15, 0.2) is 0 Å². The Morgan fingerprint density at radius 1 is 1.30 bits per heavy atom. The van der Waals surface area contributed by atoms with Gasteiger partial charge in [-0.25, -0.2) is 0 Å². The van der Waals surface area contributed by atoms with Crippen molar-refractivity contribution in [1.82, 2.24) is 0 Å². The second-order valence-corrected chi connectivity index (χ2v) is 3.45. The van der Waals surface area contributed by atoms with Crippen molar-refractivity contribution in [3.63, 3.8) is 0 Å². The summed E-state index contributed by atoms with van der Waals surface area (Å²) in [5, 5.41) is 0. The van der Waals surface area contributed by atoms with Gasteiger partial charge in [-0.15, -0.1) is 0 Å². The quantitative estimate of drug-likeness (QED) is 0.473. The minimum absolute atomic E-state index is 0.912. The molecule has 0 aliphatic heterocycles. The van der Waals surface area contributed by atoms with E-state index in [0.29, 0.717) is 0 Å². The normalized spacial score (nSPS) is 33.6. The Kier molecular flexibility index (Phi) is 0.715. The van der Waals surface area contributed by atoms with Crippen LogP contribution >= 0.6 is 0 Å². The zero-order valence-corrected chi connectivity index (χ0v) is 5.93. The second-order valence-electron chi connectivity index (χ2n) is 3.45. The Bertz CT molecular complexity index is 274. The first kappa shape index (κ1) is 4.95. The number of allylic oxidation sites excluding steroid dienone is 6. The van der Waals surface area contributed by atoms with Crippen LogP contribution in [0.25, 0.3) is 0 Å². The Labute approximate surface area is 60.9 Å². The van der Waals surface area contributed by atoms with E-state index in [9.17, 15) is 0 Å². The zero-order valence-electron chi connectivity index (χ0n) is 5.93. The molecule has 0 heteroatoms. The Morgan fingerprint density at radius 2 is 2.30 bits per heavy atom. The van der Waals surface area contributed by atoms with Crippen molar-refractivity contribution in [1.29, 1.82) is 0 Å². The second kappa shape index (κ2) is 1.45. The monoisotopic (exact) mass is 130 g/mol. The van der Waals surface area contributed by atoms with Crippen LogP contribution in [0.2, 0.25) is 0 Å². The first-order valence-corrected chi connectivity index (χ1v) is 4.03. The van der Waals surface area contributed by atoms with E-state index in [4.69, 9.17) is 0 Å². The van der Waals surface area contributed by atoms with Gasteiger partial charge in [0.25, 0.3) is 0 Å². The van der Waals surface area contributed by atoms with E-state index in [1.54, 1.807) is 16.7 Å². The first-order valence-electron chi connectivity index (χ1n) is 4.03. The molecule has 0 aromatic carbocycles. The number of fused-ring (bicyclic) bond motifs is 1. The molecular formula is C10H10. The van der Waals surface area contributed by atoms with E-state index in [2.05, 4.69) is 18.2 Å². The average Bonchev–Trinajstić information content (AvgIpc) is 1.83. The van der Waals surface area contributed by atoms with E-state index in [1.165, 1.54) is 19.3 Å². The average molecular weight is 130 g/mol. The molecule has 0 spiro atoms. The van der Waals surface area contributed by atoms with Crippen LogP contribution in [-0.2, 0) is 0 Å². The van der Waals surface area contributed by atoms with Gasteiger partial charge in [-0.05, 0) is 41.9 Å². The summed E-state index contributed by atoms with van der Waals surface area (Å²) in [7, 11) is 0. The molecule has 0 aromatic rings. The lowest BCUT2D eigenvalue weighted by Crippen LogP contribution is -2.23. The van der Waals surface area contributed by atoms with Crippen molar-refractivity contribution in [2.75, 3.05) is 0 Å². The van der Waals surface area contributed by atoms with Crippen LogP contribution in [0.15, 0.2) is 34.9 Å². The highest BCUT2D eigenvalue weighted by atomic mass is 14.4. The molecule has 0 aromatic heterocycles. The minimum Gasteiger partial charge on any atom is -0.0804 e. The smallest absolute Gasteiger partial charge is 0.00840 e. The van der Waals surface area contributed by atoms with Crippen molar-refractivity contribution in [3.8, 4) is 0 Å². The topological polar surface area (TPSA) is 0 Å². The minimum atomic E-state index is 0.912. The molecule has 1 unspecified atom stereocenters. The maximum atomic E-state index is 2.40. The fourth-order valence-corrected chi connectivity index (χ4v) is 2.18. The number of hydrogen-bond acceptors (Lipinski definition) is 0. The lowest BCUT2D eigenvalue weighted by Gasteiger charge is -2.38. The van der Waals surface area contributed by atoms with Crippen molar-refractivity contribution in [2.45, 2.75) is 19.3 Å². The molecule has 1 fully saturated rings. The van der Waals surface area contributed by atoms with Crippen LogP contribution in [0, 0.1) is 5.92 Å². The van der Waals surface area contributed by atoms with E-state index in [0.717, 1.165) is 5.92 Å². The van der Waals surface area contributed by atoms with Crippen LogP contribution in [-0.4, -0.2) is 0 Å². The molecule has 1 saturated carbocycles. The molecule has 3 aliphatic carbocycles. The van der Waals surface area contributed by atoms with Gasteiger partial charge < -0.3 is 0 Å². The van der Waals surface area contributed by atoms with Crippen LogP contribution in [0.5, 0.6) is 0 Å². The van der Waals surface area contributed by atoms with Gasteiger partial charge in [-0.1, -0.05) is 18.2 Å². The maximum absolute atomic E-state index is 2.40. The largest absolute Gasteiger partial charge is 0.0804 e. The molecule has 10 heavy (non-hydrogen) atoms. The third kappa shape index (κ3) is 0.439. The Morgan fingerprint density at radius 3 is 3.20 bits per heavy atom. The third-order valence-corrected chi connectivity index (χ3v) is 2.87. The van der Waals surface area contributed by atoms with Crippen LogP contribution in [0.3, 0.4) is 0 Å². The van der Waals surface area contributed by atoms with E-state index in [-0.39, 0.29) is 0 Å². The van der Waals surface area contributed by atoms with Gasteiger partial charge in [0.05, 0.1) is 0 Å². The summed E-state index contributed by atoms with van der Waals surface area (Å²) in [6.45, 7) is 0. The van der Waals surface area contributed by atoms with Crippen molar-refractivity contribution in [3.05, 3.63) is 34.9 Å². The third-order valence-electron chi connectivity index (χ3n) is 2.87. The molecule has 2 bridgehead atoms. The lowest BCUT2D eigenvalue weighted by molar-refractivity contribution is 0.524. The van der Waals surface area contributed by atoms with Gasteiger partial charge in [-0.3, -0.25) is 0 Å².